The van der Waals surface area contributed by atoms with Crippen LogP contribution < -0.4 is 0 Å². The lowest BCUT2D eigenvalue weighted by atomic mass is 10.1. The summed E-state index contributed by atoms with van der Waals surface area (Å²) in [6.45, 7) is 11.9. The van der Waals surface area contributed by atoms with Crippen molar-refractivity contribution in [1.29, 1.82) is 0 Å². The monoisotopic (exact) mass is 174 g/mol. The van der Waals surface area contributed by atoms with Gasteiger partial charge in [0.2, 0.25) is 0 Å². The van der Waals surface area contributed by atoms with E-state index in [1.165, 1.54) is 12.8 Å². The highest BCUT2D eigenvalue weighted by Crippen LogP contribution is 1.96. The SMILES string of the molecule is CCC(C)C.COCCC(C)C. The van der Waals surface area contributed by atoms with Crippen molar-refractivity contribution < 1.29 is 4.74 Å². The van der Waals surface area contributed by atoms with Gasteiger partial charge in [0.05, 0.1) is 0 Å². The van der Waals surface area contributed by atoms with Crippen molar-refractivity contribution >= 4 is 0 Å². The molecule has 76 valence electrons. The maximum Gasteiger partial charge on any atom is 0.0464 e. The smallest absolute Gasteiger partial charge is 0.0464 e. The molecule has 0 spiro atoms. The van der Waals surface area contributed by atoms with Crippen LogP contribution in [0.2, 0.25) is 0 Å². The second-order valence-electron chi connectivity index (χ2n) is 3.98. The number of methoxy groups -OCH3 is 1. The van der Waals surface area contributed by atoms with Crippen molar-refractivity contribution in [3.8, 4) is 0 Å². The summed E-state index contributed by atoms with van der Waals surface area (Å²) in [6.07, 6.45) is 2.48. The van der Waals surface area contributed by atoms with Crippen LogP contribution in [0, 0.1) is 11.8 Å². The lowest BCUT2D eigenvalue weighted by Crippen LogP contribution is -1.93. The second-order valence-corrected chi connectivity index (χ2v) is 3.98. The zero-order valence-electron chi connectivity index (χ0n) is 9.68. The fourth-order valence-electron chi connectivity index (χ4n) is 0.354. The van der Waals surface area contributed by atoms with E-state index in [0.29, 0.717) is 0 Å². The molecule has 0 aromatic heterocycles. The van der Waals surface area contributed by atoms with E-state index in [-0.39, 0.29) is 0 Å². The van der Waals surface area contributed by atoms with Crippen LogP contribution in [0.25, 0.3) is 0 Å². The van der Waals surface area contributed by atoms with Gasteiger partial charge < -0.3 is 4.74 Å². The van der Waals surface area contributed by atoms with Crippen molar-refractivity contribution in [3.05, 3.63) is 0 Å². The average molecular weight is 174 g/mol. The van der Waals surface area contributed by atoms with Gasteiger partial charge in [-0.05, 0) is 18.3 Å². The number of rotatable bonds is 4. The van der Waals surface area contributed by atoms with Crippen LogP contribution in [0.4, 0.5) is 0 Å². The first-order chi connectivity index (χ1) is 5.54. The summed E-state index contributed by atoms with van der Waals surface area (Å²) >= 11 is 0. The molecule has 0 atom stereocenters. The van der Waals surface area contributed by atoms with Crippen LogP contribution in [0.1, 0.15) is 47.5 Å². The first kappa shape index (κ1) is 14.5. The minimum absolute atomic E-state index is 0.778. The fourth-order valence-corrected chi connectivity index (χ4v) is 0.354. The Morgan fingerprint density at radius 2 is 1.42 bits per heavy atom. The Labute approximate surface area is 78.5 Å². The van der Waals surface area contributed by atoms with Gasteiger partial charge in [0.1, 0.15) is 0 Å². The van der Waals surface area contributed by atoms with Crippen LogP contribution >= 0.6 is 0 Å². The van der Waals surface area contributed by atoms with Gasteiger partial charge in [0.15, 0.2) is 0 Å². The van der Waals surface area contributed by atoms with Crippen molar-refractivity contribution in [2.24, 2.45) is 11.8 Å². The molecule has 0 fully saturated rings. The first-order valence-electron chi connectivity index (χ1n) is 5.03. The van der Waals surface area contributed by atoms with Crippen molar-refractivity contribution in [3.63, 3.8) is 0 Å². The molecule has 0 radical (unpaired) electrons. The lowest BCUT2D eigenvalue weighted by Gasteiger charge is -1.99. The van der Waals surface area contributed by atoms with Gasteiger partial charge in [-0.3, -0.25) is 0 Å². The third-order valence-electron chi connectivity index (χ3n) is 1.72. The number of hydrogen-bond acceptors (Lipinski definition) is 1. The van der Waals surface area contributed by atoms with Gasteiger partial charge in [0, 0.05) is 13.7 Å². The molecule has 0 aromatic rings. The maximum absolute atomic E-state index is 4.85. The molecule has 0 rings (SSSR count). The van der Waals surface area contributed by atoms with Gasteiger partial charge >= 0.3 is 0 Å². The van der Waals surface area contributed by atoms with E-state index < -0.39 is 0 Å². The zero-order valence-corrected chi connectivity index (χ0v) is 9.68. The number of ether oxygens (including phenoxy) is 1. The van der Waals surface area contributed by atoms with Gasteiger partial charge in [0.25, 0.3) is 0 Å². The van der Waals surface area contributed by atoms with Crippen molar-refractivity contribution in [2.45, 2.75) is 47.5 Å². The van der Waals surface area contributed by atoms with Crippen LogP contribution in [0.5, 0.6) is 0 Å². The van der Waals surface area contributed by atoms with Crippen LogP contribution in [-0.4, -0.2) is 13.7 Å². The molecule has 0 heterocycles. The van der Waals surface area contributed by atoms with E-state index in [2.05, 4.69) is 34.6 Å². The Morgan fingerprint density at radius 3 is 1.50 bits per heavy atom. The van der Waals surface area contributed by atoms with Crippen molar-refractivity contribution in [1.82, 2.24) is 0 Å². The van der Waals surface area contributed by atoms with E-state index in [4.69, 9.17) is 4.74 Å². The minimum atomic E-state index is 0.778. The third-order valence-corrected chi connectivity index (χ3v) is 1.72. The molecule has 1 heteroatoms. The molecule has 0 saturated carbocycles. The molecule has 0 aromatic carbocycles. The van der Waals surface area contributed by atoms with E-state index >= 15 is 0 Å². The molecule has 0 unspecified atom stereocenters. The second kappa shape index (κ2) is 11.0. The normalized spacial score (nSPS) is 10.0. The molecular formula is C11H26O. The molecule has 0 amide bonds. The quantitative estimate of drug-likeness (QED) is 0.631. The Bertz CT molecular complexity index is 67.4. The standard InChI is InChI=1S/C6H14O.C5H12/c1-6(2)4-5-7-3;1-4-5(2)3/h6H,4-5H2,1-3H3;5H,4H2,1-3H3. The molecule has 0 N–H and O–H groups in total. The highest BCUT2D eigenvalue weighted by molar-refractivity contribution is 4.40. The average Bonchev–Trinajstić information content (AvgIpc) is 2.02. The maximum atomic E-state index is 4.85. The largest absolute Gasteiger partial charge is 0.385 e. The van der Waals surface area contributed by atoms with E-state index in [0.717, 1.165) is 18.4 Å². The minimum Gasteiger partial charge on any atom is -0.385 e. The van der Waals surface area contributed by atoms with Crippen LogP contribution in [-0.2, 0) is 4.74 Å². The topological polar surface area (TPSA) is 9.23 Å². The summed E-state index contributed by atoms with van der Waals surface area (Å²) in [6, 6.07) is 0. The summed E-state index contributed by atoms with van der Waals surface area (Å²) < 4.78 is 4.85. The zero-order chi connectivity index (χ0) is 9.98. The van der Waals surface area contributed by atoms with E-state index in [1.807, 2.05) is 0 Å². The highest BCUT2D eigenvalue weighted by atomic mass is 16.5. The summed E-state index contributed by atoms with van der Waals surface area (Å²) in [7, 11) is 1.74. The molecule has 0 saturated heterocycles. The van der Waals surface area contributed by atoms with Gasteiger partial charge in [-0.2, -0.15) is 0 Å². The molecule has 0 bridgehead atoms. The third kappa shape index (κ3) is 22.5. The van der Waals surface area contributed by atoms with E-state index in [9.17, 15) is 0 Å². The van der Waals surface area contributed by atoms with Crippen molar-refractivity contribution in [2.75, 3.05) is 13.7 Å². The summed E-state index contributed by atoms with van der Waals surface area (Å²) in [4.78, 5) is 0. The molecule has 0 aliphatic heterocycles. The summed E-state index contributed by atoms with van der Waals surface area (Å²) in [5.74, 6) is 1.66. The summed E-state index contributed by atoms with van der Waals surface area (Å²) in [5, 5.41) is 0. The lowest BCUT2D eigenvalue weighted by molar-refractivity contribution is 0.183. The van der Waals surface area contributed by atoms with E-state index in [1.54, 1.807) is 7.11 Å². The Morgan fingerprint density at radius 1 is 1.00 bits per heavy atom. The van der Waals surface area contributed by atoms with Crippen LogP contribution in [0.3, 0.4) is 0 Å². The Kier molecular flexibility index (Phi) is 13.2. The first-order valence-corrected chi connectivity index (χ1v) is 5.03. The Balaban J connectivity index is 0. The molecule has 12 heavy (non-hydrogen) atoms. The molecule has 0 aliphatic carbocycles. The van der Waals surface area contributed by atoms with Gasteiger partial charge in [-0.1, -0.05) is 41.0 Å². The summed E-state index contributed by atoms with van der Waals surface area (Å²) in [5.41, 5.74) is 0. The molecule has 1 nitrogen and oxygen atoms in total. The predicted molar refractivity (Wildman–Crippen MR) is 56.5 cm³/mol. The highest BCUT2D eigenvalue weighted by Gasteiger charge is 1.89. The fraction of sp³-hybridized carbons (Fsp3) is 1.00. The number of hydrogen-bond donors (Lipinski definition) is 0. The Hall–Kier alpha value is -0.0400. The van der Waals surface area contributed by atoms with Crippen LogP contribution in [0.15, 0.2) is 0 Å². The van der Waals surface area contributed by atoms with Gasteiger partial charge in [-0.15, -0.1) is 0 Å². The predicted octanol–water partition coefficient (Wildman–Crippen LogP) is 3.73. The molecule has 0 aliphatic rings. The molecular weight excluding hydrogens is 148 g/mol. The van der Waals surface area contributed by atoms with Gasteiger partial charge in [-0.25, -0.2) is 0 Å².